The molecule has 3 aromatic rings. The highest BCUT2D eigenvalue weighted by molar-refractivity contribution is 6.33. The number of benzene rings is 1. The number of ether oxygens (including phenoxy) is 5. The van der Waals surface area contributed by atoms with Gasteiger partial charge in [-0.25, -0.2) is 9.37 Å². The Bertz CT molecular complexity index is 1320. The van der Waals surface area contributed by atoms with Crippen molar-refractivity contribution in [3.63, 3.8) is 0 Å². The fraction of sp³-hybridized carbons (Fsp3) is 0.417. The average Bonchev–Trinajstić information content (AvgIpc) is 3.61. The second-order valence-electron chi connectivity index (χ2n) is 8.83. The van der Waals surface area contributed by atoms with E-state index in [1.54, 1.807) is 31.4 Å². The predicted octanol–water partition coefficient (Wildman–Crippen LogP) is 2.86. The maximum absolute atomic E-state index is 15.0. The predicted molar refractivity (Wildman–Crippen MR) is 128 cm³/mol. The number of imidazole rings is 1. The second kappa shape index (κ2) is 9.49. The number of aromatic nitrogens is 3. The van der Waals surface area contributed by atoms with E-state index < -0.39 is 24.4 Å². The summed E-state index contributed by atoms with van der Waals surface area (Å²) in [4.78, 5) is 12.0. The van der Waals surface area contributed by atoms with E-state index in [0.29, 0.717) is 45.5 Å². The molecule has 0 bridgehead atoms. The van der Waals surface area contributed by atoms with Crippen LogP contribution >= 0.6 is 11.6 Å². The summed E-state index contributed by atoms with van der Waals surface area (Å²) >= 11 is 6.48. The topological polar surface area (TPSA) is 120 Å². The van der Waals surface area contributed by atoms with Crippen LogP contribution in [0.5, 0.6) is 11.8 Å². The van der Waals surface area contributed by atoms with Gasteiger partial charge in [-0.15, -0.1) is 0 Å². The zero-order chi connectivity index (χ0) is 24.8. The van der Waals surface area contributed by atoms with Crippen molar-refractivity contribution >= 4 is 34.7 Å². The number of aromatic amines is 1. The third-order valence-electron chi connectivity index (χ3n) is 6.40. The zero-order valence-corrected chi connectivity index (χ0v) is 20.0. The Morgan fingerprint density at radius 1 is 1.22 bits per heavy atom. The van der Waals surface area contributed by atoms with Crippen molar-refractivity contribution in [2.75, 3.05) is 38.9 Å². The Morgan fingerprint density at radius 2 is 2.08 bits per heavy atom. The molecule has 1 unspecified atom stereocenters. The number of anilines is 1. The molecule has 10 nitrogen and oxygen atoms in total. The molecular formula is C24H24ClFN4O6. The Labute approximate surface area is 210 Å². The minimum atomic E-state index is -0.665. The molecule has 2 saturated heterocycles. The van der Waals surface area contributed by atoms with Crippen molar-refractivity contribution < 1.29 is 33.2 Å². The van der Waals surface area contributed by atoms with Gasteiger partial charge in [-0.05, 0) is 23.8 Å². The van der Waals surface area contributed by atoms with Crippen molar-refractivity contribution in [3.05, 3.63) is 46.2 Å². The summed E-state index contributed by atoms with van der Waals surface area (Å²) in [5.74, 6) is 0.427. The molecule has 3 N–H and O–H groups in total. The number of nitrogens with zero attached hydrogens (tertiary/aromatic N) is 2. The number of hydrogen-bond acceptors (Lipinski definition) is 9. The first kappa shape index (κ1) is 23.4. The molecule has 3 aliphatic rings. The van der Waals surface area contributed by atoms with Gasteiger partial charge in [-0.3, -0.25) is 0 Å². The molecule has 3 aliphatic heterocycles. The zero-order valence-electron chi connectivity index (χ0n) is 19.2. The molecule has 0 saturated carbocycles. The number of H-pyrrole nitrogens is 1. The molecule has 0 radical (unpaired) electrons. The lowest BCUT2D eigenvalue weighted by molar-refractivity contribution is 0.00706. The van der Waals surface area contributed by atoms with Crippen LogP contribution in [0.2, 0.25) is 5.02 Å². The Balaban J connectivity index is 1.20. The van der Waals surface area contributed by atoms with E-state index in [0.717, 1.165) is 0 Å². The first-order chi connectivity index (χ1) is 17.5. The number of methoxy groups -OCH3 is 1. The molecule has 12 heteroatoms. The summed E-state index contributed by atoms with van der Waals surface area (Å²) < 4.78 is 42.8. The van der Waals surface area contributed by atoms with E-state index in [1.807, 2.05) is 0 Å². The number of halogens is 2. The first-order valence-corrected chi connectivity index (χ1v) is 11.9. The van der Waals surface area contributed by atoms with Crippen molar-refractivity contribution in [2.45, 2.75) is 30.5 Å². The summed E-state index contributed by atoms with van der Waals surface area (Å²) in [7, 11) is 1.59. The number of hydrogen-bond donors (Lipinski definition) is 3. The standard InChI is InChI=1S/C24H24ClFN4O6/c1-32-4-2-3-11-5-13(26)19-15(8-33-17(19)6-11)27-22-12(25)7-14-23(29-22)30-24(28-14)36-18-10-35-20-16(31)9-34-21(18)20/h2-3,5-7,15-16,18,20-21,31H,4,8-10H2,1H3,(H2,27,28,29,30)/b3-2+/t15-,16?,18+,20+,21+/m0/s1. The van der Waals surface area contributed by atoms with Crippen LogP contribution in [0.15, 0.2) is 24.3 Å². The van der Waals surface area contributed by atoms with E-state index in [1.165, 1.54) is 6.07 Å². The average molecular weight is 519 g/mol. The Kier molecular flexibility index (Phi) is 6.18. The molecular weight excluding hydrogens is 495 g/mol. The lowest BCUT2D eigenvalue weighted by atomic mass is 10.0. The Hall–Kier alpha value is -2.96. The van der Waals surface area contributed by atoms with Crippen LogP contribution in [0.3, 0.4) is 0 Å². The summed E-state index contributed by atoms with van der Waals surface area (Å²) in [6, 6.07) is 4.67. The van der Waals surface area contributed by atoms with Crippen LogP contribution in [0, 0.1) is 5.82 Å². The van der Waals surface area contributed by atoms with E-state index in [9.17, 15) is 9.50 Å². The highest BCUT2D eigenvalue weighted by Crippen LogP contribution is 2.39. The molecule has 0 amide bonds. The summed E-state index contributed by atoms with van der Waals surface area (Å²) in [5.41, 5.74) is 2.04. The van der Waals surface area contributed by atoms with Crippen LogP contribution in [0.25, 0.3) is 17.2 Å². The van der Waals surface area contributed by atoms with Crippen LogP contribution in [0.4, 0.5) is 10.2 Å². The van der Waals surface area contributed by atoms with E-state index in [2.05, 4.69) is 20.3 Å². The van der Waals surface area contributed by atoms with Gasteiger partial charge in [-0.2, -0.15) is 4.98 Å². The van der Waals surface area contributed by atoms with Crippen molar-refractivity contribution in [2.24, 2.45) is 0 Å². The monoisotopic (exact) mass is 518 g/mol. The number of aliphatic hydroxyl groups is 1. The van der Waals surface area contributed by atoms with Crippen LogP contribution in [0.1, 0.15) is 17.2 Å². The maximum Gasteiger partial charge on any atom is 0.296 e. The molecule has 36 heavy (non-hydrogen) atoms. The first-order valence-electron chi connectivity index (χ1n) is 11.5. The molecule has 190 valence electrons. The van der Waals surface area contributed by atoms with Gasteiger partial charge < -0.3 is 39.1 Å². The van der Waals surface area contributed by atoms with Gasteiger partial charge in [-0.1, -0.05) is 23.8 Å². The number of fused-ring (bicyclic) bond motifs is 3. The fourth-order valence-electron chi connectivity index (χ4n) is 4.72. The van der Waals surface area contributed by atoms with Crippen molar-refractivity contribution in [1.82, 2.24) is 15.0 Å². The Morgan fingerprint density at radius 3 is 2.94 bits per heavy atom. The highest BCUT2D eigenvalue weighted by Gasteiger charge is 2.48. The van der Waals surface area contributed by atoms with Crippen LogP contribution < -0.4 is 14.8 Å². The number of rotatable bonds is 7. The maximum atomic E-state index is 15.0. The van der Waals surface area contributed by atoms with Gasteiger partial charge in [0, 0.05) is 7.11 Å². The number of aliphatic hydroxyl groups excluding tert-OH is 1. The summed E-state index contributed by atoms with van der Waals surface area (Å²) in [6.45, 7) is 1.14. The third kappa shape index (κ3) is 4.27. The normalized spacial score (nSPS) is 26.9. The van der Waals surface area contributed by atoms with E-state index in [4.69, 9.17) is 35.3 Å². The van der Waals surface area contributed by atoms with Crippen molar-refractivity contribution in [1.29, 1.82) is 0 Å². The highest BCUT2D eigenvalue weighted by atomic mass is 35.5. The SMILES string of the molecule is COC/C=C/c1cc(F)c2c(c1)OC[C@@H]2Nc1nc2nc(O[C@@H]3CO[C@@H]4C(O)CO[C@@H]43)[nH]c2cc1Cl. The molecule has 5 heterocycles. The molecule has 1 aromatic carbocycles. The molecule has 0 spiro atoms. The minimum absolute atomic E-state index is 0.210. The fourth-order valence-corrected chi connectivity index (χ4v) is 4.93. The molecule has 2 fully saturated rings. The van der Waals surface area contributed by atoms with Gasteiger partial charge >= 0.3 is 0 Å². The van der Waals surface area contributed by atoms with Gasteiger partial charge in [0.2, 0.25) is 0 Å². The molecule has 5 atom stereocenters. The lowest BCUT2D eigenvalue weighted by Crippen LogP contribution is -2.34. The van der Waals surface area contributed by atoms with Crippen LogP contribution in [-0.2, 0) is 14.2 Å². The van der Waals surface area contributed by atoms with Gasteiger partial charge in [0.1, 0.15) is 42.3 Å². The van der Waals surface area contributed by atoms with Gasteiger partial charge in [0.05, 0.1) is 42.0 Å². The van der Waals surface area contributed by atoms with Crippen LogP contribution in [-0.4, -0.2) is 78.0 Å². The van der Waals surface area contributed by atoms with E-state index in [-0.39, 0.29) is 37.8 Å². The third-order valence-corrected chi connectivity index (χ3v) is 6.69. The van der Waals surface area contributed by atoms with Crippen molar-refractivity contribution in [3.8, 4) is 11.8 Å². The van der Waals surface area contributed by atoms with E-state index >= 15 is 0 Å². The molecule has 0 aliphatic carbocycles. The minimum Gasteiger partial charge on any atom is -0.491 e. The summed E-state index contributed by atoms with van der Waals surface area (Å²) in [5, 5.41) is 13.4. The smallest absolute Gasteiger partial charge is 0.296 e. The number of pyridine rings is 1. The van der Waals surface area contributed by atoms with Gasteiger partial charge in [0.15, 0.2) is 11.8 Å². The molecule has 6 rings (SSSR count). The second-order valence-corrected chi connectivity index (χ2v) is 9.24. The summed E-state index contributed by atoms with van der Waals surface area (Å²) in [6.07, 6.45) is 1.73. The number of nitrogens with one attached hydrogen (secondary N) is 2. The quantitative estimate of drug-likeness (QED) is 0.433. The molecule has 2 aromatic heterocycles. The lowest BCUT2D eigenvalue weighted by Gasteiger charge is -2.15. The largest absolute Gasteiger partial charge is 0.491 e. The van der Waals surface area contributed by atoms with Gasteiger partial charge in [0.25, 0.3) is 6.01 Å².